The number of nitriles is 1. The van der Waals surface area contributed by atoms with E-state index < -0.39 is 11.9 Å². The molecule has 1 aliphatic heterocycles. The maximum atomic E-state index is 12.5. The van der Waals surface area contributed by atoms with Gasteiger partial charge in [-0.25, -0.2) is 4.79 Å². The van der Waals surface area contributed by atoms with Crippen molar-refractivity contribution in [3.63, 3.8) is 0 Å². The summed E-state index contributed by atoms with van der Waals surface area (Å²) >= 11 is 15.8. The molecule has 0 radical (unpaired) electrons. The molecule has 0 amide bonds. The van der Waals surface area contributed by atoms with E-state index in [0.29, 0.717) is 37.0 Å². The topological polar surface area (TPSA) is 85.3 Å². The number of ether oxygens (including phenoxy) is 2. The number of carbonyl (C=O) groups excluding carboxylic acids is 1. The highest BCUT2D eigenvalue weighted by Gasteiger charge is 2.32. The van der Waals surface area contributed by atoms with E-state index in [1.165, 1.54) is 0 Å². The standard InChI is InChI=1S/C23H13BrCl2N2O3/c24-18-4-2-1-3-14(18)23(29)30-13-6-8-16-20(10-13)31-22(28)17(11-27)21(16)15-7-5-12(25)9-19(15)26/h1-10,21H,28H2. The van der Waals surface area contributed by atoms with Crippen molar-refractivity contribution in [2.75, 3.05) is 0 Å². The molecule has 8 heteroatoms. The summed E-state index contributed by atoms with van der Waals surface area (Å²) in [6, 6.07) is 19.0. The van der Waals surface area contributed by atoms with E-state index in [9.17, 15) is 10.1 Å². The maximum absolute atomic E-state index is 12.5. The van der Waals surface area contributed by atoms with Crippen molar-refractivity contribution in [1.82, 2.24) is 0 Å². The number of carbonyl (C=O) groups is 1. The molecule has 154 valence electrons. The fourth-order valence-electron chi connectivity index (χ4n) is 3.34. The summed E-state index contributed by atoms with van der Waals surface area (Å²) in [5, 5.41) is 10.6. The van der Waals surface area contributed by atoms with Crippen LogP contribution in [0.25, 0.3) is 0 Å². The highest BCUT2D eigenvalue weighted by molar-refractivity contribution is 9.10. The average molecular weight is 516 g/mol. The molecule has 0 saturated carbocycles. The van der Waals surface area contributed by atoms with Crippen molar-refractivity contribution in [2.45, 2.75) is 5.92 Å². The minimum Gasteiger partial charge on any atom is -0.440 e. The second-order valence-corrected chi connectivity index (χ2v) is 8.36. The van der Waals surface area contributed by atoms with E-state index in [2.05, 4.69) is 22.0 Å². The highest BCUT2D eigenvalue weighted by Crippen LogP contribution is 2.45. The molecule has 0 fully saturated rings. The normalized spacial score (nSPS) is 15.0. The molecule has 3 aromatic carbocycles. The number of hydrogen-bond donors (Lipinski definition) is 1. The van der Waals surface area contributed by atoms with Crippen LogP contribution in [0.15, 0.2) is 76.6 Å². The van der Waals surface area contributed by atoms with Gasteiger partial charge in [-0.1, -0.05) is 47.5 Å². The van der Waals surface area contributed by atoms with Crippen molar-refractivity contribution in [2.24, 2.45) is 5.73 Å². The second-order valence-electron chi connectivity index (χ2n) is 6.66. The van der Waals surface area contributed by atoms with Gasteiger partial charge in [-0.05, 0) is 51.8 Å². The minimum atomic E-state index is -0.550. The Morgan fingerprint density at radius 3 is 2.55 bits per heavy atom. The Morgan fingerprint density at radius 1 is 1.10 bits per heavy atom. The van der Waals surface area contributed by atoms with E-state index in [1.54, 1.807) is 60.7 Å². The van der Waals surface area contributed by atoms with Crippen molar-refractivity contribution in [3.05, 3.63) is 103 Å². The van der Waals surface area contributed by atoms with Crippen molar-refractivity contribution < 1.29 is 14.3 Å². The molecule has 31 heavy (non-hydrogen) atoms. The van der Waals surface area contributed by atoms with Gasteiger partial charge in [-0.15, -0.1) is 0 Å². The zero-order chi connectivity index (χ0) is 22.1. The Balaban J connectivity index is 1.73. The first kappa shape index (κ1) is 21.3. The fraction of sp³-hybridized carbons (Fsp3) is 0.0435. The highest BCUT2D eigenvalue weighted by atomic mass is 79.9. The predicted molar refractivity (Wildman–Crippen MR) is 121 cm³/mol. The molecular formula is C23H13BrCl2N2O3. The molecule has 0 bridgehead atoms. The second kappa shape index (κ2) is 8.64. The van der Waals surface area contributed by atoms with Crippen LogP contribution >= 0.6 is 39.1 Å². The molecule has 0 saturated heterocycles. The van der Waals surface area contributed by atoms with Crippen molar-refractivity contribution in [3.8, 4) is 17.6 Å². The molecule has 1 atom stereocenters. The number of halogens is 3. The largest absolute Gasteiger partial charge is 0.440 e. The average Bonchev–Trinajstić information content (AvgIpc) is 2.73. The van der Waals surface area contributed by atoms with Gasteiger partial charge < -0.3 is 15.2 Å². The van der Waals surface area contributed by atoms with Crippen LogP contribution in [0.5, 0.6) is 11.5 Å². The summed E-state index contributed by atoms with van der Waals surface area (Å²) in [7, 11) is 0. The molecule has 0 aliphatic carbocycles. The molecule has 5 nitrogen and oxygen atoms in total. The maximum Gasteiger partial charge on any atom is 0.344 e. The zero-order valence-electron chi connectivity index (χ0n) is 15.7. The smallest absolute Gasteiger partial charge is 0.344 e. The van der Waals surface area contributed by atoms with Crippen LogP contribution in [-0.4, -0.2) is 5.97 Å². The number of benzene rings is 3. The number of allylic oxidation sites excluding steroid dienone is 1. The first-order chi connectivity index (χ1) is 14.9. The van der Waals surface area contributed by atoms with E-state index in [4.69, 9.17) is 38.4 Å². The number of nitrogens with two attached hydrogens (primary N) is 1. The van der Waals surface area contributed by atoms with Crippen LogP contribution < -0.4 is 15.2 Å². The van der Waals surface area contributed by atoms with E-state index in [0.717, 1.165) is 0 Å². The molecule has 1 aliphatic rings. The first-order valence-corrected chi connectivity index (χ1v) is 10.6. The lowest BCUT2D eigenvalue weighted by Gasteiger charge is -2.27. The molecule has 1 heterocycles. The monoisotopic (exact) mass is 514 g/mol. The summed E-state index contributed by atoms with van der Waals surface area (Å²) in [6.07, 6.45) is 0. The number of rotatable bonds is 3. The summed E-state index contributed by atoms with van der Waals surface area (Å²) in [6.45, 7) is 0. The lowest BCUT2D eigenvalue weighted by molar-refractivity contribution is 0.0733. The summed E-state index contributed by atoms with van der Waals surface area (Å²) in [4.78, 5) is 12.5. The number of fused-ring (bicyclic) bond motifs is 1. The number of nitrogens with zero attached hydrogens (tertiary/aromatic N) is 1. The molecule has 0 spiro atoms. The summed E-state index contributed by atoms with van der Waals surface area (Å²) < 4.78 is 11.8. The third-order valence-corrected chi connectivity index (χ3v) is 6.02. The van der Waals surface area contributed by atoms with E-state index in [1.807, 2.05) is 0 Å². The van der Waals surface area contributed by atoms with Gasteiger partial charge in [0.1, 0.15) is 23.1 Å². The van der Waals surface area contributed by atoms with Crippen LogP contribution in [0.4, 0.5) is 0 Å². The Hall–Kier alpha value is -2.98. The summed E-state index contributed by atoms with van der Waals surface area (Å²) in [5.41, 5.74) is 7.97. The molecule has 0 aromatic heterocycles. The summed E-state index contributed by atoms with van der Waals surface area (Å²) in [5.74, 6) is -0.479. The van der Waals surface area contributed by atoms with Gasteiger partial charge >= 0.3 is 5.97 Å². The lowest BCUT2D eigenvalue weighted by atomic mass is 9.83. The Morgan fingerprint density at radius 2 is 1.84 bits per heavy atom. The van der Waals surface area contributed by atoms with Gasteiger partial charge in [-0.2, -0.15) is 5.26 Å². The lowest BCUT2D eigenvalue weighted by Crippen LogP contribution is -2.21. The third kappa shape index (κ3) is 4.13. The van der Waals surface area contributed by atoms with Crippen LogP contribution in [0.1, 0.15) is 27.4 Å². The minimum absolute atomic E-state index is 0.0414. The molecule has 2 N–H and O–H groups in total. The van der Waals surface area contributed by atoms with Gasteiger partial charge in [0.15, 0.2) is 0 Å². The van der Waals surface area contributed by atoms with Crippen molar-refractivity contribution >= 4 is 45.1 Å². The molecule has 1 unspecified atom stereocenters. The van der Waals surface area contributed by atoms with Crippen LogP contribution in [-0.2, 0) is 0 Å². The third-order valence-electron chi connectivity index (χ3n) is 4.77. The molecule has 3 aromatic rings. The Kier molecular flexibility index (Phi) is 5.92. The van der Waals surface area contributed by atoms with Gasteiger partial charge in [0.2, 0.25) is 5.88 Å². The van der Waals surface area contributed by atoms with Crippen LogP contribution in [0, 0.1) is 11.3 Å². The Bertz CT molecular complexity index is 1280. The van der Waals surface area contributed by atoms with Gasteiger partial charge in [-0.3, -0.25) is 0 Å². The van der Waals surface area contributed by atoms with Crippen LogP contribution in [0.3, 0.4) is 0 Å². The Labute approximate surface area is 196 Å². The molecular weight excluding hydrogens is 503 g/mol. The first-order valence-electron chi connectivity index (χ1n) is 9.02. The van der Waals surface area contributed by atoms with E-state index >= 15 is 0 Å². The predicted octanol–water partition coefficient (Wildman–Crippen LogP) is 6.19. The quantitative estimate of drug-likeness (QED) is 0.332. The van der Waals surface area contributed by atoms with Crippen molar-refractivity contribution in [1.29, 1.82) is 5.26 Å². The van der Waals surface area contributed by atoms with Gasteiger partial charge in [0.25, 0.3) is 0 Å². The zero-order valence-corrected chi connectivity index (χ0v) is 18.8. The SMILES string of the molecule is N#CC1=C(N)Oc2cc(OC(=O)c3ccccc3Br)ccc2C1c1ccc(Cl)cc1Cl. The van der Waals surface area contributed by atoms with E-state index in [-0.39, 0.29) is 17.2 Å². The number of hydrogen-bond acceptors (Lipinski definition) is 5. The molecule has 4 rings (SSSR count). The number of esters is 1. The van der Waals surface area contributed by atoms with Gasteiger partial charge in [0, 0.05) is 26.1 Å². The van der Waals surface area contributed by atoms with Gasteiger partial charge in [0.05, 0.1) is 11.5 Å². The van der Waals surface area contributed by atoms with Crippen LogP contribution in [0.2, 0.25) is 10.0 Å². The fourth-order valence-corrected chi connectivity index (χ4v) is 4.31.